The Morgan fingerprint density at radius 2 is 1.72 bits per heavy atom. The summed E-state index contributed by atoms with van der Waals surface area (Å²) in [5.41, 5.74) is 9.95. The topological polar surface area (TPSA) is 64.7 Å². The summed E-state index contributed by atoms with van der Waals surface area (Å²) in [6, 6.07) is 6.25. The van der Waals surface area contributed by atoms with E-state index in [4.69, 9.17) is 5.73 Å². The summed E-state index contributed by atoms with van der Waals surface area (Å²) in [6.07, 6.45) is 0. The molecular weight excluding hydrogens is 224 g/mol. The Labute approximate surface area is 105 Å². The first-order chi connectivity index (χ1) is 8.54. The number of pyridine rings is 1. The lowest BCUT2D eigenvalue weighted by atomic mass is 10.1. The molecule has 0 saturated carbocycles. The zero-order valence-corrected chi connectivity index (χ0v) is 10.7. The van der Waals surface area contributed by atoms with E-state index in [0.29, 0.717) is 17.3 Å². The van der Waals surface area contributed by atoms with Gasteiger partial charge in [-0.05, 0) is 38.5 Å². The van der Waals surface area contributed by atoms with Gasteiger partial charge in [0.05, 0.1) is 10.9 Å². The minimum absolute atomic E-state index is 0.492. The van der Waals surface area contributed by atoms with Crippen molar-refractivity contribution in [1.29, 1.82) is 0 Å². The van der Waals surface area contributed by atoms with Gasteiger partial charge in [-0.15, -0.1) is 0 Å². The highest BCUT2D eigenvalue weighted by Crippen LogP contribution is 2.25. The van der Waals surface area contributed by atoms with E-state index in [9.17, 15) is 0 Å². The van der Waals surface area contributed by atoms with Crippen LogP contribution in [0.4, 0.5) is 5.82 Å². The molecule has 0 fully saturated rings. The number of hydrogen-bond donors (Lipinski definition) is 1. The van der Waals surface area contributed by atoms with Gasteiger partial charge in [-0.25, -0.2) is 15.0 Å². The summed E-state index contributed by atoms with van der Waals surface area (Å²) < 4.78 is 0. The Bertz CT molecular complexity index is 710. The Balaban J connectivity index is 2.51. The van der Waals surface area contributed by atoms with Crippen molar-refractivity contribution in [3.63, 3.8) is 0 Å². The normalized spacial score (nSPS) is 11.3. The molecule has 0 atom stereocenters. The maximum atomic E-state index is 5.93. The van der Waals surface area contributed by atoms with Crippen molar-refractivity contribution in [2.75, 3.05) is 5.73 Å². The molecule has 3 aromatic rings. The van der Waals surface area contributed by atoms with Gasteiger partial charge in [0.25, 0.3) is 0 Å². The van der Waals surface area contributed by atoms with Crippen LogP contribution < -0.4 is 5.73 Å². The van der Waals surface area contributed by atoms with Crippen LogP contribution in [0.3, 0.4) is 0 Å². The van der Waals surface area contributed by atoms with E-state index < -0.39 is 0 Å². The minimum atomic E-state index is 0.492. The minimum Gasteiger partial charge on any atom is -0.383 e. The molecule has 0 amide bonds. The zero-order chi connectivity index (χ0) is 12.9. The van der Waals surface area contributed by atoms with E-state index in [0.717, 1.165) is 21.9 Å². The van der Waals surface area contributed by atoms with Gasteiger partial charge in [-0.2, -0.15) is 0 Å². The Hall–Kier alpha value is -2.23. The molecule has 3 rings (SSSR count). The first-order valence-electron chi connectivity index (χ1n) is 5.86. The second-order valence-electron chi connectivity index (χ2n) is 4.67. The summed E-state index contributed by atoms with van der Waals surface area (Å²) in [4.78, 5) is 13.1. The van der Waals surface area contributed by atoms with Crippen molar-refractivity contribution in [1.82, 2.24) is 15.0 Å². The van der Waals surface area contributed by atoms with Crippen LogP contribution in [0.5, 0.6) is 0 Å². The van der Waals surface area contributed by atoms with Crippen LogP contribution in [0.25, 0.3) is 21.9 Å². The Kier molecular flexibility index (Phi) is 2.20. The molecule has 4 heteroatoms. The molecule has 0 radical (unpaired) electrons. The Morgan fingerprint density at radius 1 is 0.944 bits per heavy atom. The van der Waals surface area contributed by atoms with Crippen molar-refractivity contribution in [2.24, 2.45) is 0 Å². The van der Waals surface area contributed by atoms with Crippen molar-refractivity contribution < 1.29 is 0 Å². The molecule has 2 heterocycles. The highest BCUT2D eigenvalue weighted by molar-refractivity contribution is 5.97. The lowest BCUT2D eigenvalue weighted by Gasteiger charge is -2.07. The first kappa shape index (κ1) is 10.9. The molecule has 2 aromatic heterocycles. The summed E-state index contributed by atoms with van der Waals surface area (Å²) in [5, 5.41) is 1.90. The number of aromatic nitrogens is 3. The van der Waals surface area contributed by atoms with Crippen LogP contribution in [-0.4, -0.2) is 15.0 Å². The lowest BCUT2D eigenvalue weighted by Crippen LogP contribution is -1.99. The van der Waals surface area contributed by atoms with Gasteiger partial charge in [0.2, 0.25) is 0 Å². The van der Waals surface area contributed by atoms with Gasteiger partial charge < -0.3 is 5.73 Å². The van der Waals surface area contributed by atoms with E-state index >= 15 is 0 Å². The summed E-state index contributed by atoms with van der Waals surface area (Å²) >= 11 is 0. The second-order valence-corrected chi connectivity index (χ2v) is 4.67. The summed E-state index contributed by atoms with van der Waals surface area (Å²) in [5.74, 6) is 1.14. The average molecular weight is 238 g/mol. The van der Waals surface area contributed by atoms with Crippen LogP contribution >= 0.6 is 0 Å². The Morgan fingerprint density at radius 3 is 2.50 bits per heavy atom. The lowest BCUT2D eigenvalue weighted by molar-refractivity contribution is 1.08. The number of anilines is 1. The summed E-state index contributed by atoms with van der Waals surface area (Å²) in [6.45, 7) is 5.96. The number of hydrogen-bond acceptors (Lipinski definition) is 4. The van der Waals surface area contributed by atoms with E-state index in [1.807, 2.05) is 13.0 Å². The molecule has 4 nitrogen and oxygen atoms in total. The monoisotopic (exact) mass is 238 g/mol. The number of rotatable bonds is 0. The van der Waals surface area contributed by atoms with Crippen LogP contribution in [0.1, 0.15) is 17.0 Å². The molecular formula is C14H14N4. The van der Waals surface area contributed by atoms with Crippen molar-refractivity contribution in [3.05, 3.63) is 35.2 Å². The van der Waals surface area contributed by atoms with E-state index in [1.54, 1.807) is 0 Å². The molecule has 0 aliphatic carbocycles. The molecule has 0 spiro atoms. The standard InChI is InChI=1S/C14H14N4/c1-7-4-8(2)12-10(5-7)6-11-13(15)16-9(3)17-14(11)18-12/h4-6H,1-3H3,(H2,15,16,17,18). The molecule has 0 saturated heterocycles. The van der Waals surface area contributed by atoms with Gasteiger partial charge in [-0.3, -0.25) is 0 Å². The average Bonchev–Trinajstić information content (AvgIpc) is 2.27. The second kappa shape index (κ2) is 3.63. The van der Waals surface area contributed by atoms with E-state index in [1.165, 1.54) is 5.56 Å². The van der Waals surface area contributed by atoms with Gasteiger partial charge in [-0.1, -0.05) is 11.6 Å². The highest BCUT2D eigenvalue weighted by Gasteiger charge is 2.08. The third-order valence-electron chi connectivity index (χ3n) is 3.06. The number of nitrogens with zero attached hydrogens (tertiary/aromatic N) is 3. The third-order valence-corrected chi connectivity index (χ3v) is 3.06. The number of benzene rings is 1. The largest absolute Gasteiger partial charge is 0.383 e. The van der Waals surface area contributed by atoms with Crippen molar-refractivity contribution in [2.45, 2.75) is 20.8 Å². The highest BCUT2D eigenvalue weighted by atomic mass is 15.0. The fraction of sp³-hybridized carbons (Fsp3) is 0.214. The molecule has 0 aliphatic rings. The van der Waals surface area contributed by atoms with Gasteiger partial charge in [0.15, 0.2) is 5.65 Å². The van der Waals surface area contributed by atoms with Crippen LogP contribution in [-0.2, 0) is 0 Å². The van der Waals surface area contributed by atoms with Crippen molar-refractivity contribution >= 4 is 27.8 Å². The maximum absolute atomic E-state index is 5.93. The van der Waals surface area contributed by atoms with Crippen LogP contribution in [0.2, 0.25) is 0 Å². The predicted octanol–water partition coefficient (Wildman–Crippen LogP) is 2.69. The smallest absolute Gasteiger partial charge is 0.165 e. The molecule has 90 valence electrons. The zero-order valence-electron chi connectivity index (χ0n) is 10.7. The molecule has 2 N–H and O–H groups in total. The number of fused-ring (bicyclic) bond motifs is 2. The fourth-order valence-electron chi connectivity index (χ4n) is 2.33. The van der Waals surface area contributed by atoms with Crippen LogP contribution in [0, 0.1) is 20.8 Å². The number of nitrogen functional groups attached to an aromatic ring is 1. The molecule has 18 heavy (non-hydrogen) atoms. The SMILES string of the molecule is Cc1cc(C)c2nc3nc(C)nc(N)c3cc2c1. The maximum Gasteiger partial charge on any atom is 0.165 e. The fourth-order valence-corrected chi connectivity index (χ4v) is 2.33. The third kappa shape index (κ3) is 1.57. The number of aryl methyl sites for hydroxylation is 3. The molecule has 1 aromatic carbocycles. The van der Waals surface area contributed by atoms with Gasteiger partial charge >= 0.3 is 0 Å². The first-order valence-corrected chi connectivity index (χ1v) is 5.86. The predicted molar refractivity (Wildman–Crippen MR) is 73.5 cm³/mol. The molecule has 0 bridgehead atoms. The van der Waals surface area contributed by atoms with Crippen molar-refractivity contribution in [3.8, 4) is 0 Å². The van der Waals surface area contributed by atoms with Crippen LogP contribution in [0.15, 0.2) is 18.2 Å². The molecule has 0 unspecified atom stereocenters. The van der Waals surface area contributed by atoms with Gasteiger partial charge in [0.1, 0.15) is 11.6 Å². The van der Waals surface area contributed by atoms with Gasteiger partial charge in [0, 0.05) is 5.39 Å². The summed E-state index contributed by atoms with van der Waals surface area (Å²) in [7, 11) is 0. The van der Waals surface area contributed by atoms with E-state index in [-0.39, 0.29) is 0 Å². The number of nitrogens with two attached hydrogens (primary N) is 1. The quantitative estimate of drug-likeness (QED) is 0.611. The molecule has 0 aliphatic heterocycles. The van der Waals surface area contributed by atoms with E-state index in [2.05, 4.69) is 40.9 Å².